The van der Waals surface area contributed by atoms with Gasteiger partial charge in [-0.2, -0.15) is 0 Å². The number of nitrogens with one attached hydrogen (secondary N) is 2. The van der Waals surface area contributed by atoms with E-state index in [-0.39, 0.29) is 12.6 Å². The minimum absolute atomic E-state index is 0.176. The summed E-state index contributed by atoms with van der Waals surface area (Å²) in [7, 11) is 0. The third-order valence-corrected chi connectivity index (χ3v) is 6.72. The van der Waals surface area contributed by atoms with Crippen molar-refractivity contribution in [2.75, 3.05) is 18.5 Å². The van der Waals surface area contributed by atoms with Crippen molar-refractivity contribution in [3.8, 4) is 0 Å². The zero-order valence-electron chi connectivity index (χ0n) is 15.9. The zero-order valence-corrected chi connectivity index (χ0v) is 19.1. The highest BCUT2D eigenvalue weighted by molar-refractivity contribution is 9.11. The quantitative estimate of drug-likeness (QED) is 0.271. The second-order valence-electron chi connectivity index (χ2n) is 7.78. The largest absolute Gasteiger partial charge is 0.394 e. The first kappa shape index (κ1) is 23.4. The molecule has 1 unspecified atom stereocenters. The molecule has 1 aromatic rings. The van der Waals surface area contributed by atoms with Crippen LogP contribution in [0.3, 0.4) is 0 Å². The minimum atomic E-state index is -2.02. The van der Waals surface area contributed by atoms with Crippen LogP contribution in [0, 0.1) is 0 Å². The topological polar surface area (TPSA) is 134 Å². The first-order valence-corrected chi connectivity index (χ1v) is 11.3. The second kappa shape index (κ2) is 9.88. The first-order chi connectivity index (χ1) is 13.7. The van der Waals surface area contributed by atoms with Crippen LogP contribution < -0.4 is 10.6 Å². The average Bonchev–Trinajstić information content (AvgIpc) is 2.90. The maximum atomic E-state index is 10.6. The maximum absolute atomic E-state index is 10.6. The van der Waals surface area contributed by atoms with Gasteiger partial charge in [0.25, 0.3) is 0 Å². The summed E-state index contributed by atoms with van der Waals surface area (Å²) in [5.74, 6) is -2.02. The summed E-state index contributed by atoms with van der Waals surface area (Å²) in [6.07, 6.45) is -0.753. The highest BCUT2D eigenvalue weighted by Gasteiger charge is 2.53. The van der Waals surface area contributed by atoms with Gasteiger partial charge in [-0.05, 0) is 59.3 Å². The molecule has 0 spiro atoms. The number of benzene rings is 1. The SMILES string of the molecule is OC[C@H]1OC(O)(CNc2c(Br)cc(Br)cc2CNC2CCC(O)CC2)[C@@H](O)[C@@H]1O. The Morgan fingerprint density at radius 1 is 1.10 bits per heavy atom. The van der Waals surface area contributed by atoms with Gasteiger partial charge < -0.3 is 40.9 Å². The van der Waals surface area contributed by atoms with Gasteiger partial charge in [0.15, 0.2) is 0 Å². The van der Waals surface area contributed by atoms with Crippen LogP contribution in [0.15, 0.2) is 21.1 Å². The summed E-state index contributed by atoms with van der Waals surface area (Å²) in [5.41, 5.74) is 1.66. The van der Waals surface area contributed by atoms with E-state index in [2.05, 4.69) is 42.5 Å². The molecule has 164 valence electrons. The van der Waals surface area contributed by atoms with E-state index in [4.69, 9.17) is 4.74 Å². The number of halogens is 2. The zero-order chi connectivity index (χ0) is 21.2. The van der Waals surface area contributed by atoms with E-state index in [9.17, 15) is 25.5 Å². The van der Waals surface area contributed by atoms with Crippen LogP contribution in [0.4, 0.5) is 5.69 Å². The van der Waals surface area contributed by atoms with Crippen molar-refractivity contribution in [1.29, 1.82) is 0 Å². The highest BCUT2D eigenvalue weighted by atomic mass is 79.9. The third-order valence-electron chi connectivity index (χ3n) is 5.63. The van der Waals surface area contributed by atoms with Crippen LogP contribution in [0.1, 0.15) is 31.2 Å². The molecule has 8 nitrogen and oxygen atoms in total. The van der Waals surface area contributed by atoms with E-state index < -0.39 is 30.7 Å². The molecule has 0 amide bonds. The predicted molar refractivity (Wildman–Crippen MR) is 114 cm³/mol. The predicted octanol–water partition coefficient (Wildman–Crippen LogP) is 0.818. The van der Waals surface area contributed by atoms with Crippen molar-refractivity contribution >= 4 is 37.5 Å². The maximum Gasteiger partial charge on any atom is 0.213 e. The van der Waals surface area contributed by atoms with Crippen molar-refractivity contribution in [2.24, 2.45) is 0 Å². The van der Waals surface area contributed by atoms with Gasteiger partial charge >= 0.3 is 0 Å². The fourth-order valence-corrected chi connectivity index (χ4v) is 5.33. The summed E-state index contributed by atoms with van der Waals surface area (Å²) in [6.45, 7) is -0.108. The Hall–Kier alpha value is -0.300. The number of hydrogen-bond acceptors (Lipinski definition) is 8. The molecule has 10 heteroatoms. The van der Waals surface area contributed by atoms with Crippen molar-refractivity contribution < 1.29 is 30.3 Å². The number of rotatable bonds is 7. The summed E-state index contributed by atoms with van der Waals surface area (Å²) < 4.78 is 6.94. The van der Waals surface area contributed by atoms with Gasteiger partial charge in [0, 0.05) is 21.5 Å². The fourth-order valence-electron chi connectivity index (χ4n) is 3.88. The Morgan fingerprint density at radius 2 is 1.79 bits per heavy atom. The van der Waals surface area contributed by atoms with E-state index in [1.54, 1.807) is 0 Å². The molecular formula is C19H28Br2N2O6. The van der Waals surface area contributed by atoms with Gasteiger partial charge in [0.1, 0.15) is 18.3 Å². The van der Waals surface area contributed by atoms with Crippen molar-refractivity contribution in [1.82, 2.24) is 5.32 Å². The standard InChI is InChI=1S/C19H28Br2N2O6/c20-11-5-10(7-22-12-1-3-13(25)4-2-12)16(14(21)6-11)23-9-19(28)18(27)17(26)15(8-24)29-19/h5-6,12-13,15,17-18,22-28H,1-4,7-9H2/t12?,13?,15-,17-,18+,19?/m1/s1. The lowest BCUT2D eigenvalue weighted by atomic mass is 9.93. The first-order valence-electron chi connectivity index (χ1n) is 9.74. The lowest BCUT2D eigenvalue weighted by Crippen LogP contribution is -2.48. The molecule has 4 atom stereocenters. The van der Waals surface area contributed by atoms with Gasteiger partial charge in [-0.25, -0.2) is 0 Å². The highest BCUT2D eigenvalue weighted by Crippen LogP contribution is 2.34. The normalized spacial score (nSPS) is 35.1. The Kier molecular flexibility index (Phi) is 7.96. The van der Waals surface area contributed by atoms with Crippen LogP contribution in [0.25, 0.3) is 0 Å². The molecule has 2 fully saturated rings. The number of ether oxygens (including phenoxy) is 1. The van der Waals surface area contributed by atoms with E-state index in [0.717, 1.165) is 45.9 Å². The molecule has 0 bridgehead atoms. The van der Waals surface area contributed by atoms with E-state index in [0.29, 0.717) is 12.6 Å². The number of aliphatic hydroxyl groups is 5. The smallest absolute Gasteiger partial charge is 0.213 e. The molecule has 29 heavy (non-hydrogen) atoms. The molecule has 1 aliphatic heterocycles. The lowest BCUT2D eigenvalue weighted by Gasteiger charge is -2.29. The van der Waals surface area contributed by atoms with E-state index in [1.165, 1.54) is 0 Å². The lowest BCUT2D eigenvalue weighted by molar-refractivity contribution is -0.220. The van der Waals surface area contributed by atoms with Gasteiger partial charge in [0.05, 0.1) is 24.9 Å². The summed E-state index contributed by atoms with van der Waals surface area (Å²) in [6, 6.07) is 4.15. The number of anilines is 1. The van der Waals surface area contributed by atoms with Gasteiger partial charge in [0.2, 0.25) is 5.79 Å². The average molecular weight is 540 g/mol. The summed E-state index contributed by atoms with van der Waals surface area (Å²) in [5, 5.41) is 56.2. The van der Waals surface area contributed by atoms with E-state index in [1.807, 2.05) is 12.1 Å². The molecule has 1 aromatic carbocycles. The molecule has 0 radical (unpaired) electrons. The van der Waals surface area contributed by atoms with Gasteiger partial charge in [-0.1, -0.05) is 15.9 Å². The molecule has 7 N–H and O–H groups in total. The summed E-state index contributed by atoms with van der Waals surface area (Å²) in [4.78, 5) is 0. The third kappa shape index (κ3) is 5.50. The molecule has 2 aliphatic rings. The molecule has 1 heterocycles. The Labute approximate surface area is 186 Å². The van der Waals surface area contributed by atoms with Crippen LogP contribution >= 0.6 is 31.9 Å². The Morgan fingerprint density at radius 3 is 2.41 bits per heavy atom. The molecule has 1 saturated carbocycles. The fraction of sp³-hybridized carbons (Fsp3) is 0.684. The monoisotopic (exact) mass is 538 g/mol. The Balaban J connectivity index is 1.68. The van der Waals surface area contributed by atoms with Gasteiger partial charge in [-0.3, -0.25) is 0 Å². The van der Waals surface area contributed by atoms with Crippen molar-refractivity contribution in [3.63, 3.8) is 0 Å². The number of hydrogen-bond donors (Lipinski definition) is 7. The minimum Gasteiger partial charge on any atom is -0.394 e. The van der Waals surface area contributed by atoms with Gasteiger partial charge in [-0.15, -0.1) is 0 Å². The molecule has 1 saturated heterocycles. The second-order valence-corrected chi connectivity index (χ2v) is 9.55. The van der Waals surface area contributed by atoms with Crippen LogP contribution in [0.2, 0.25) is 0 Å². The molecular weight excluding hydrogens is 512 g/mol. The van der Waals surface area contributed by atoms with Crippen LogP contribution in [-0.2, 0) is 11.3 Å². The van der Waals surface area contributed by atoms with Crippen molar-refractivity contribution in [3.05, 3.63) is 26.6 Å². The molecule has 0 aromatic heterocycles. The Bertz CT molecular complexity index is 704. The molecule has 3 rings (SSSR count). The number of aliphatic hydroxyl groups excluding tert-OH is 4. The van der Waals surface area contributed by atoms with E-state index >= 15 is 0 Å². The van der Waals surface area contributed by atoms with Crippen molar-refractivity contribution in [2.45, 2.75) is 68.5 Å². The molecule has 1 aliphatic carbocycles. The van der Waals surface area contributed by atoms with Crippen LogP contribution in [-0.4, -0.2) is 74.9 Å². The summed E-state index contributed by atoms with van der Waals surface area (Å²) >= 11 is 7.01. The van der Waals surface area contributed by atoms with Crippen LogP contribution in [0.5, 0.6) is 0 Å².